The maximum absolute atomic E-state index is 11.8. The first kappa shape index (κ1) is 16.9. The number of hydrogen-bond acceptors (Lipinski definition) is 4. The van der Waals surface area contributed by atoms with Gasteiger partial charge in [-0.2, -0.15) is 0 Å². The van der Waals surface area contributed by atoms with E-state index in [0.29, 0.717) is 11.3 Å². The molecule has 1 unspecified atom stereocenters. The first-order valence-corrected chi connectivity index (χ1v) is 7.07. The molecule has 4 N–H and O–H groups in total. The number of amides is 1. The summed E-state index contributed by atoms with van der Waals surface area (Å²) in [5.74, 6) is 0. The van der Waals surface area contributed by atoms with E-state index in [1.807, 2.05) is 0 Å². The Hall–Kier alpha value is -1.11. The second-order valence-corrected chi connectivity index (χ2v) is 6.71. The molecule has 112 valence electrons. The lowest BCUT2D eigenvalue weighted by Crippen LogP contribution is -2.33. The predicted molar refractivity (Wildman–Crippen MR) is 82.6 cm³/mol. The van der Waals surface area contributed by atoms with Crippen molar-refractivity contribution in [2.75, 3.05) is 11.9 Å². The molecule has 6 heteroatoms. The van der Waals surface area contributed by atoms with Crippen LogP contribution in [0.3, 0.4) is 0 Å². The molecule has 0 saturated heterocycles. The van der Waals surface area contributed by atoms with Crippen molar-refractivity contribution < 1.29 is 14.6 Å². The molecule has 0 fully saturated rings. The fourth-order valence-electron chi connectivity index (χ4n) is 1.61. The number of ether oxygens (including phenoxy) is 1. The average molecular weight is 345 g/mol. The van der Waals surface area contributed by atoms with Crippen molar-refractivity contribution in [1.29, 1.82) is 0 Å². The number of carbonyl (C=O) groups excluding carboxylic acids is 1. The predicted octanol–water partition coefficient (Wildman–Crippen LogP) is 2.96. The van der Waals surface area contributed by atoms with Gasteiger partial charge in [-0.1, -0.05) is 22.0 Å². The lowest BCUT2D eigenvalue weighted by Gasteiger charge is -2.26. The molecule has 0 bridgehead atoms. The Morgan fingerprint density at radius 1 is 1.40 bits per heavy atom. The zero-order valence-electron chi connectivity index (χ0n) is 12.2. The first-order valence-electron chi connectivity index (χ1n) is 6.27. The molecule has 1 aromatic carbocycles. The van der Waals surface area contributed by atoms with Crippen molar-refractivity contribution in [2.45, 2.75) is 38.9 Å². The number of benzene rings is 1. The highest BCUT2D eigenvalue weighted by Crippen LogP contribution is 2.30. The number of hydrogen-bond donors (Lipinski definition) is 3. The van der Waals surface area contributed by atoms with E-state index >= 15 is 0 Å². The van der Waals surface area contributed by atoms with Crippen LogP contribution in [0.1, 0.15) is 33.3 Å². The molecule has 0 aliphatic rings. The molecule has 1 rings (SSSR count). The minimum Gasteiger partial charge on any atom is -0.444 e. The summed E-state index contributed by atoms with van der Waals surface area (Å²) in [5, 5.41) is 12.9. The lowest BCUT2D eigenvalue weighted by molar-refractivity contribution is 0.0624. The number of carbonyl (C=O) groups is 1. The Bertz CT molecular complexity index is 496. The number of halogens is 1. The Balaban J connectivity index is 3.05. The molecule has 20 heavy (non-hydrogen) atoms. The Labute approximate surface area is 127 Å². The number of nitrogens with one attached hydrogen (secondary N) is 1. The van der Waals surface area contributed by atoms with Crippen molar-refractivity contribution in [3.8, 4) is 0 Å². The van der Waals surface area contributed by atoms with E-state index in [1.54, 1.807) is 45.9 Å². The van der Waals surface area contributed by atoms with Gasteiger partial charge in [-0.15, -0.1) is 0 Å². The lowest BCUT2D eigenvalue weighted by atomic mass is 9.94. The molecule has 1 aromatic rings. The molecule has 0 saturated carbocycles. The minimum absolute atomic E-state index is 0.0393. The second kappa shape index (κ2) is 6.11. The number of aliphatic hydroxyl groups is 1. The molecular weight excluding hydrogens is 324 g/mol. The quantitative estimate of drug-likeness (QED) is 0.786. The minimum atomic E-state index is -1.23. The van der Waals surface area contributed by atoms with Gasteiger partial charge in [0.15, 0.2) is 0 Å². The van der Waals surface area contributed by atoms with E-state index in [4.69, 9.17) is 10.5 Å². The molecule has 1 amide bonds. The van der Waals surface area contributed by atoms with Crippen LogP contribution >= 0.6 is 15.9 Å². The van der Waals surface area contributed by atoms with Crippen molar-refractivity contribution >= 4 is 27.7 Å². The molecule has 0 aliphatic carbocycles. The Morgan fingerprint density at radius 2 is 2.00 bits per heavy atom. The largest absolute Gasteiger partial charge is 0.444 e. The van der Waals surface area contributed by atoms with Crippen LogP contribution in [-0.2, 0) is 10.3 Å². The highest BCUT2D eigenvalue weighted by Gasteiger charge is 2.26. The van der Waals surface area contributed by atoms with Crippen molar-refractivity contribution in [1.82, 2.24) is 0 Å². The maximum Gasteiger partial charge on any atom is 0.412 e. The molecule has 0 spiro atoms. The molecule has 1 atom stereocenters. The van der Waals surface area contributed by atoms with Crippen LogP contribution in [-0.4, -0.2) is 23.3 Å². The number of nitrogens with two attached hydrogens (primary N) is 1. The summed E-state index contributed by atoms with van der Waals surface area (Å²) < 4.78 is 5.98. The van der Waals surface area contributed by atoms with Crippen LogP contribution in [0.2, 0.25) is 0 Å². The molecule has 0 radical (unpaired) electrons. The fourth-order valence-corrected chi connectivity index (χ4v) is 1.97. The highest BCUT2D eigenvalue weighted by molar-refractivity contribution is 9.10. The van der Waals surface area contributed by atoms with Crippen LogP contribution < -0.4 is 11.1 Å². The van der Waals surface area contributed by atoms with E-state index in [1.165, 1.54) is 0 Å². The van der Waals surface area contributed by atoms with E-state index in [0.717, 1.165) is 4.47 Å². The number of rotatable bonds is 3. The number of anilines is 1. The summed E-state index contributed by atoms with van der Waals surface area (Å²) in [6.45, 7) is 6.98. The van der Waals surface area contributed by atoms with Crippen molar-refractivity contribution in [2.24, 2.45) is 5.73 Å². The van der Waals surface area contributed by atoms with Crippen molar-refractivity contribution in [3.05, 3.63) is 28.2 Å². The van der Waals surface area contributed by atoms with Gasteiger partial charge >= 0.3 is 6.09 Å². The summed E-state index contributed by atoms with van der Waals surface area (Å²) in [4.78, 5) is 11.8. The standard InChI is InChI=1S/C14H21BrN2O3/c1-13(2,3)20-12(18)17-11-7-9(15)5-6-10(11)14(4,19)8-16/h5-7,19H,8,16H2,1-4H3,(H,17,18). The van der Waals surface area contributed by atoms with E-state index in [2.05, 4.69) is 21.2 Å². The third-order valence-corrected chi connectivity index (χ3v) is 3.09. The van der Waals surface area contributed by atoms with E-state index in [-0.39, 0.29) is 6.54 Å². The summed E-state index contributed by atoms with van der Waals surface area (Å²) in [6.07, 6.45) is -0.579. The van der Waals surface area contributed by atoms with E-state index in [9.17, 15) is 9.90 Å². The highest BCUT2D eigenvalue weighted by atomic mass is 79.9. The van der Waals surface area contributed by atoms with Crippen LogP contribution in [0.4, 0.5) is 10.5 Å². The Morgan fingerprint density at radius 3 is 2.50 bits per heavy atom. The molecule has 0 aromatic heterocycles. The normalized spacial score (nSPS) is 14.6. The van der Waals surface area contributed by atoms with Gasteiger partial charge in [-0.25, -0.2) is 4.79 Å². The monoisotopic (exact) mass is 344 g/mol. The molecular formula is C14H21BrN2O3. The van der Waals surface area contributed by atoms with Gasteiger partial charge in [-0.3, -0.25) is 5.32 Å². The molecule has 5 nitrogen and oxygen atoms in total. The smallest absolute Gasteiger partial charge is 0.412 e. The third kappa shape index (κ3) is 4.77. The van der Waals surface area contributed by atoms with Gasteiger partial charge in [-0.05, 0) is 39.8 Å². The summed E-state index contributed by atoms with van der Waals surface area (Å²) in [6, 6.07) is 5.19. The summed E-state index contributed by atoms with van der Waals surface area (Å²) >= 11 is 3.33. The topological polar surface area (TPSA) is 84.6 Å². The van der Waals surface area contributed by atoms with Gasteiger partial charge in [0, 0.05) is 16.6 Å². The van der Waals surface area contributed by atoms with Crippen molar-refractivity contribution in [3.63, 3.8) is 0 Å². The van der Waals surface area contributed by atoms with E-state index < -0.39 is 17.3 Å². The SMILES string of the molecule is CC(C)(C)OC(=O)Nc1cc(Br)ccc1C(C)(O)CN. The van der Waals surface area contributed by atoms with Crippen LogP contribution in [0, 0.1) is 0 Å². The van der Waals surface area contributed by atoms with Gasteiger partial charge in [0.2, 0.25) is 0 Å². The summed E-state index contributed by atoms with van der Waals surface area (Å²) in [5.41, 5.74) is 4.75. The van der Waals surface area contributed by atoms with Gasteiger partial charge in [0.1, 0.15) is 11.2 Å². The third-order valence-electron chi connectivity index (χ3n) is 2.59. The zero-order chi connectivity index (χ0) is 15.6. The van der Waals surface area contributed by atoms with Gasteiger partial charge in [0.05, 0.1) is 5.69 Å². The van der Waals surface area contributed by atoms with Gasteiger partial charge in [0.25, 0.3) is 0 Å². The summed E-state index contributed by atoms with van der Waals surface area (Å²) in [7, 11) is 0. The molecule has 0 aliphatic heterocycles. The van der Waals surface area contributed by atoms with Crippen LogP contribution in [0.15, 0.2) is 22.7 Å². The first-order chi connectivity index (χ1) is 9.05. The zero-order valence-corrected chi connectivity index (χ0v) is 13.7. The Kier molecular flexibility index (Phi) is 5.18. The van der Waals surface area contributed by atoms with Gasteiger partial charge < -0.3 is 15.6 Å². The van der Waals surface area contributed by atoms with Crippen LogP contribution in [0.5, 0.6) is 0 Å². The molecule has 0 heterocycles. The van der Waals surface area contributed by atoms with Crippen LogP contribution in [0.25, 0.3) is 0 Å². The maximum atomic E-state index is 11.8. The second-order valence-electron chi connectivity index (χ2n) is 5.79. The fraction of sp³-hybridized carbons (Fsp3) is 0.500. The average Bonchev–Trinajstić information content (AvgIpc) is 2.25.